The van der Waals surface area contributed by atoms with Gasteiger partial charge in [0.15, 0.2) is 6.61 Å². The second-order valence-corrected chi connectivity index (χ2v) is 7.29. The predicted molar refractivity (Wildman–Crippen MR) is 116 cm³/mol. The summed E-state index contributed by atoms with van der Waals surface area (Å²) in [6.45, 7) is -0.0348. The van der Waals surface area contributed by atoms with E-state index >= 15 is 0 Å². The fraction of sp³-hybridized carbons (Fsp3) is 0.125. The van der Waals surface area contributed by atoms with Crippen LogP contribution in [0.2, 0.25) is 5.02 Å². The maximum atomic E-state index is 13.0. The summed E-state index contributed by atoms with van der Waals surface area (Å²) in [5, 5.41) is 1.74. The molecule has 5 heteroatoms. The average molecular weight is 405 g/mol. The van der Waals surface area contributed by atoms with Gasteiger partial charge in [0.1, 0.15) is 5.75 Å². The number of nitrogens with one attached hydrogen (secondary N) is 1. The van der Waals surface area contributed by atoms with E-state index < -0.39 is 0 Å². The van der Waals surface area contributed by atoms with Crippen LogP contribution < -0.4 is 4.74 Å². The molecule has 0 saturated heterocycles. The molecule has 1 N–H and O–H groups in total. The molecule has 0 aliphatic rings. The number of rotatable bonds is 6. The number of ether oxygens (including phenoxy) is 1. The van der Waals surface area contributed by atoms with Gasteiger partial charge in [0.05, 0.1) is 6.04 Å². The van der Waals surface area contributed by atoms with Gasteiger partial charge in [-0.3, -0.25) is 4.79 Å². The number of carbonyl (C=O) groups excluding carboxylic acids is 1. The van der Waals surface area contributed by atoms with E-state index in [4.69, 9.17) is 16.3 Å². The van der Waals surface area contributed by atoms with Crippen LogP contribution in [0.4, 0.5) is 0 Å². The molecule has 0 saturated carbocycles. The molecule has 1 atom stereocenters. The summed E-state index contributed by atoms with van der Waals surface area (Å²) in [4.78, 5) is 18.0. The van der Waals surface area contributed by atoms with Crippen molar-refractivity contribution in [2.24, 2.45) is 0 Å². The average Bonchev–Trinajstić information content (AvgIpc) is 3.18. The Kier molecular flexibility index (Phi) is 5.54. The molecule has 1 amide bonds. The van der Waals surface area contributed by atoms with Gasteiger partial charge >= 0.3 is 0 Å². The van der Waals surface area contributed by atoms with Gasteiger partial charge < -0.3 is 14.6 Å². The second-order valence-electron chi connectivity index (χ2n) is 6.85. The number of aromatic nitrogens is 1. The maximum absolute atomic E-state index is 13.0. The van der Waals surface area contributed by atoms with E-state index in [0.717, 1.165) is 22.0 Å². The van der Waals surface area contributed by atoms with Gasteiger partial charge in [-0.2, -0.15) is 0 Å². The molecule has 4 aromatic rings. The van der Waals surface area contributed by atoms with Crippen LogP contribution in [0.3, 0.4) is 0 Å². The number of fused-ring (bicyclic) bond motifs is 1. The van der Waals surface area contributed by atoms with Gasteiger partial charge in [-0.1, -0.05) is 60.1 Å². The highest BCUT2D eigenvalue weighted by Crippen LogP contribution is 2.33. The Morgan fingerprint density at radius 1 is 1.00 bits per heavy atom. The number of likely N-dealkylation sites (N-methyl/N-ethyl adjacent to an activating group) is 1. The van der Waals surface area contributed by atoms with Gasteiger partial charge in [0, 0.05) is 34.7 Å². The van der Waals surface area contributed by atoms with E-state index in [0.29, 0.717) is 10.8 Å². The van der Waals surface area contributed by atoms with Crippen molar-refractivity contribution in [3.8, 4) is 5.75 Å². The summed E-state index contributed by atoms with van der Waals surface area (Å²) >= 11 is 6.09. The molecule has 0 unspecified atom stereocenters. The van der Waals surface area contributed by atoms with Crippen LogP contribution in [0, 0.1) is 0 Å². The summed E-state index contributed by atoms with van der Waals surface area (Å²) in [7, 11) is 1.80. The van der Waals surface area contributed by atoms with Gasteiger partial charge in [-0.05, 0) is 35.9 Å². The van der Waals surface area contributed by atoms with E-state index in [1.807, 2.05) is 79.0 Å². The minimum absolute atomic E-state index is 0.0348. The summed E-state index contributed by atoms with van der Waals surface area (Å²) in [5.41, 5.74) is 3.04. The van der Waals surface area contributed by atoms with E-state index in [2.05, 4.69) is 11.1 Å². The lowest BCUT2D eigenvalue weighted by molar-refractivity contribution is -0.133. The second kappa shape index (κ2) is 8.41. The van der Waals surface area contributed by atoms with Gasteiger partial charge in [-0.25, -0.2) is 0 Å². The maximum Gasteiger partial charge on any atom is 0.261 e. The van der Waals surface area contributed by atoms with Crippen molar-refractivity contribution in [3.63, 3.8) is 0 Å². The molecule has 0 radical (unpaired) electrons. The lowest BCUT2D eigenvalue weighted by Crippen LogP contribution is -2.35. The van der Waals surface area contributed by atoms with Crippen molar-refractivity contribution in [2.75, 3.05) is 13.7 Å². The lowest BCUT2D eigenvalue weighted by Gasteiger charge is -2.29. The molecule has 29 heavy (non-hydrogen) atoms. The zero-order valence-corrected chi connectivity index (χ0v) is 16.8. The van der Waals surface area contributed by atoms with Crippen LogP contribution in [0.1, 0.15) is 17.2 Å². The summed E-state index contributed by atoms with van der Waals surface area (Å²) in [6.07, 6.45) is 1.96. The monoisotopic (exact) mass is 404 g/mol. The zero-order chi connectivity index (χ0) is 20.2. The van der Waals surface area contributed by atoms with Crippen LogP contribution in [-0.2, 0) is 4.79 Å². The summed E-state index contributed by atoms with van der Waals surface area (Å²) in [6, 6.07) is 24.7. The Labute approximate surface area is 174 Å². The highest BCUT2D eigenvalue weighted by molar-refractivity contribution is 6.30. The summed E-state index contributed by atoms with van der Waals surface area (Å²) < 4.78 is 5.68. The molecule has 4 rings (SSSR count). The van der Waals surface area contributed by atoms with E-state index in [1.165, 1.54) is 0 Å². The van der Waals surface area contributed by atoms with E-state index in [-0.39, 0.29) is 18.6 Å². The van der Waals surface area contributed by atoms with E-state index in [1.54, 1.807) is 11.9 Å². The third kappa shape index (κ3) is 4.13. The number of benzene rings is 3. The van der Waals surface area contributed by atoms with Crippen molar-refractivity contribution in [3.05, 3.63) is 101 Å². The number of aromatic amines is 1. The Morgan fingerprint density at radius 3 is 2.45 bits per heavy atom. The fourth-order valence-electron chi connectivity index (χ4n) is 3.48. The van der Waals surface area contributed by atoms with Gasteiger partial charge in [0.25, 0.3) is 5.91 Å². The molecule has 0 fully saturated rings. The molecule has 1 aromatic heterocycles. The molecule has 0 spiro atoms. The first-order valence-electron chi connectivity index (χ1n) is 9.38. The lowest BCUT2D eigenvalue weighted by atomic mass is 9.97. The minimum Gasteiger partial charge on any atom is -0.484 e. The normalized spacial score (nSPS) is 11.9. The standard InChI is InChI=1S/C24H21ClN2O2/c1-27(23(28)16-29-19-7-3-2-4-8-19)24(17-11-13-18(25)14-12-17)21-15-26-22-10-6-5-9-20(21)22/h2-15,24,26H,16H2,1H3/t24-/m1/s1. The molecule has 1 heterocycles. The van der Waals surface area contributed by atoms with Crippen molar-refractivity contribution >= 4 is 28.4 Å². The van der Waals surface area contributed by atoms with Crippen LogP contribution in [0.15, 0.2) is 85.1 Å². The molecular weight excluding hydrogens is 384 g/mol. The van der Waals surface area contributed by atoms with E-state index in [9.17, 15) is 4.79 Å². The number of H-pyrrole nitrogens is 1. The first-order chi connectivity index (χ1) is 14.1. The van der Waals surface area contributed by atoms with Crippen LogP contribution in [0.5, 0.6) is 5.75 Å². The Hall–Kier alpha value is -3.24. The molecule has 3 aromatic carbocycles. The fourth-order valence-corrected chi connectivity index (χ4v) is 3.61. The summed E-state index contributed by atoms with van der Waals surface area (Å²) in [5.74, 6) is 0.559. The Bertz CT molecular complexity index is 1110. The molecular formula is C24H21ClN2O2. The van der Waals surface area contributed by atoms with Crippen molar-refractivity contribution < 1.29 is 9.53 Å². The Morgan fingerprint density at radius 2 is 1.69 bits per heavy atom. The van der Waals surface area contributed by atoms with Crippen LogP contribution >= 0.6 is 11.6 Å². The smallest absolute Gasteiger partial charge is 0.261 e. The van der Waals surface area contributed by atoms with Crippen LogP contribution in [-0.4, -0.2) is 29.4 Å². The first kappa shape index (κ1) is 19.1. The van der Waals surface area contributed by atoms with Crippen molar-refractivity contribution in [1.29, 1.82) is 0 Å². The third-order valence-electron chi connectivity index (χ3n) is 4.99. The quantitative estimate of drug-likeness (QED) is 0.464. The Balaban J connectivity index is 1.66. The number of hydrogen-bond donors (Lipinski definition) is 1. The van der Waals surface area contributed by atoms with Gasteiger partial charge in [0.2, 0.25) is 0 Å². The topological polar surface area (TPSA) is 45.3 Å². The predicted octanol–water partition coefficient (Wildman–Crippen LogP) is 5.45. The highest BCUT2D eigenvalue weighted by Gasteiger charge is 2.26. The molecule has 0 aliphatic carbocycles. The number of amides is 1. The molecule has 0 bridgehead atoms. The SMILES string of the molecule is CN(C(=O)COc1ccccc1)[C@H](c1ccc(Cl)cc1)c1c[nH]c2ccccc12. The number of carbonyl (C=O) groups is 1. The third-order valence-corrected chi connectivity index (χ3v) is 5.24. The number of hydrogen-bond acceptors (Lipinski definition) is 2. The van der Waals surface area contributed by atoms with Gasteiger partial charge in [-0.15, -0.1) is 0 Å². The van der Waals surface area contributed by atoms with Crippen molar-refractivity contribution in [2.45, 2.75) is 6.04 Å². The van der Waals surface area contributed by atoms with Crippen molar-refractivity contribution in [1.82, 2.24) is 9.88 Å². The number of para-hydroxylation sites is 2. The highest BCUT2D eigenvalue weighted by atomic mass is 35.5. The number of halogens is 1. The largest absolute Gasteiger partial charge is 0.484 e. The number of nitrogens with zero attached hydrogens (tertiary/aromatic N) is 1. The first-order valence-corrected chi connectivity index (χ1v) is 9.76. The minimum atomic E-state index is -0.268. The zero-order valence-electron chi connectivity index (χ0n) is 16.0. The molecule has 146 valence electrons. The molecule has 4 nitrogen and oxygen atoms in total. The molecule has 0 aliphatic heterocycles. The van der Waals surface area contributed by atoms with Crippen LogP contribution in [0.25, 0.3) is 10.9 Å².